The molecule has 1 aromatic carbocycles. The molecule has 98 valence electrons. The van der Waals surface area contributed by atoms with Gasteiger partial charge in [-0.25, -0.2) is 9.78 Å². The summed E-state index contributed by atoms with van der Waals surface area (Å²) in [6.07, 6.45) is 1.42. The second-order valence-corrected chi connectivity index (χ2v) is 4.55. The molecule has 4 nitrogen and oxygen atoms in total. The first-order valence-corrected chi connectivity index (χ1v) is 6.13. The topological polar surface area (TPSA) is 62.2 Å². The number of pyridine rings is 1. The van der Waals surface area contributed by atoms with E-state index >= 15 is 0 Å². The lowest BCUT2D eigenvalue weighted by molar-refractivity contribution is 0.0697. The molecule has 0 atom stereocenters. The van der Waals surface area contributed by atoms with Gasteiger partial charge in [0, 0.05) is 12.7 Å². The van der Waals surface area contributed by atoms with E-state index in [2.05, 4.69) is 10.3 Å². The van der Waals surface area contributed by atoms with Gasteiger partial charge in [-0.2, -0.15) is 0 Å². The number of nitrogens with zero attached hydrogens (tertiary/aromatic N) is 1. The molecular formula is C14H13ClN2O2. The molecule has 0 spiro atoms. The summed E-state index contributed by atoms with van der Waals surface area (Å²) in [5, 5.41) is 12.1. The van der Waals surface area contributed by atoms with E-state index in [1.807, 2.05) is 31.2 Å². The van der Waals surface area contributed by atoms with Gasteiger partial charge in [-0.1, -0.05) is 41.4 Å². The molecule has 0 saturated heterocycles. The standard InChI is InChI=1S/C14H13ClN2O2/c1-9-3-2-4-10(7-9)8-17-13-12(15)11(14(18)19)5-6-16-13/h2-7H,8H2,1H3,(H,16,17)(H,18,19). The molecule has 0 aliphatic carbocycles. The Morgan fingerprint density at radius 2 is 2.21 bits per heavy atom. The lowest BCUT2D eigenvalue weighted by atomic mass is 10.1. The molecule has 0 fully saturated rings. The van der Waals surface area contributed by atoms with Crippen molar-refractivity contribution in [2.75, 3.05) is 5.32 Å². The Morgan fingerprint density at radius 3 is 2.89 bits per heavy atom. The molecule has 1 aromatic heterocycles. The lowest BCUT2D eigenvalue weighted by Crippen LogP contribution is -2.05. The summed E-state index contributed by atoms with van der Waals surface area (Å²) in [6.45, 7) is 2.55. The summed E-state index contributed by atoms with van der Waals surface area (Å²) in [4.78, 5) is 15.0. The normalized spacial score (nSPS) is 10.2. The Balaban J connectivity index is 2.16. The maximum atomic E-state index is 11.0. The van der Waals surface area contributed by atoms with Crippen LogP contribution in [0.15, 0.2) is 36.5 Å². The van der Waals surface area contributed by atoms with Crippen LogP contribution in [0, 0.1) is 6.92 Å². The number of halogens is 1. The van der Waals surface area contributed by atoms with Gasteiger partial charge in [-0.3, -0.25) is 0 Å². The quantitative estimate of drug-likeness (QED) is 0.899. The van der Waals surface area contributed by atoms with Crippen molar-refractivity contribution in [3.05, 3.63) is 58.2 Å². The fraction of sp³-hybridized carbons (Fsp3) is 0.143. The van der Waals surface area contributed by atoms with Crippen molar-refractivity contribution in [1.29, 1.82) is 0 Å². The van der Waals surface area contributed by atoms with Crippen LogP contribution >= 0.6 is 11.6 Å². The molecule has 0 aliphatic heterocycles. The number of anilines is 1. The van der Waals surface area contributed by atoms with Crippen LogP contribution in [0.2, 0.25) is 5.02 Å². The number of nitrogens with one attached hydrogen (secondary N) is 1. The molecule has 0 saturated carbocycles. The molecule has 0 unspecified atom stereocenters. The fourth-order valence-electron chi connectivity index (χ4n) is 1.74. The van der Waals surface area contributed by atoms with E-state index in [0.717, 1.165) is 11.1 Å². The summed E-state index contributed by atoms with van der Waals surface area (Å²) in [6, 6.07) is 9.38. The van der Waals surface area contributed by atoms with E-state index in [1.54, 1.807) is 0 Å². The number of aromatic carboxylic acids is 1. The van der Waals surface area contributed by atoms with Crippen LogP contribution in [0.5, 0.6) is 0 Å². The third kappa shape index (κ3) is 3.23. The number of carboxylic acid groups (broad SMARTS) is 1. The number of hydrogen-bond donors (Lipinski definition) is 2. The van der Waals surface area contributed by atoms with Crippen molar-refractivity contribution in [3.8, 4) is 0 Å². The van der Waals surface area contributed by atoms with Gasteiger partial charge >= 0.3 is 5.97 Å². The van der Waals surface area contributed by atoms with Crippen LogP contribution in [-0.2, 0) is 6.54 Å². The van der Waals surface area contributed by atoms with Gasteiger partial charge in [0.1, 0.15) is 5.82 Å². The highest BCUT2D eigenvalue weighted by Gasteiger charge is 2.12. The summed E-state index contributed by atoms with van der Waals surface area (Å²) in [7, 11) is 0. The minimum absolute atomic E-state index is 0.0448. The van der Waals surface area contributed by atoms with Crippen LogP contribution in [0.4, 0.5) is 5.82 Å². The van der Waals surface area contributed by atoms with Crippen LogP contribution in [0.3, 0.4) is 0 Å². The number of aromatic nitrogens is 1. The largest absolute Gasteiger partial charge is 0.478 e. The number of benzene rings is 1. The highest BCUT2D eigenvalue weighted by molar-refractivity contribution is 6.35. The number of hydrogen-bond acceptors (Lipinski definition) is 3. The molecular weight excluding hydrogens is 264 g/mol. The first-order valence-electron chi connectivity index (χ1n) is 5.75. The number of aryl methyl sites for hydroxylation is 1. The highest BCUT2D eigenvalue weighted by Crippen LogP contribution is 2.24. The van der Waals surface area contributed by atoms with Crippen molar-refractivity contribution in [2.24, 2.45) is 0 Å². The van der Waals surface area contributed by atoms with E-state index in [1.165, 1.54) is 12.3 Å². The lowest BCUT2D eigenvalue weighted by Gasteiger charge is -2.09. The zero-order valence-corrected chi connectivity index (χ0v) is 11.1. The van der Waals surface area contributed by atoms with Crippen molar-refractivity contribution >= 4 is 23.4 Å². The van der Waals surface area contributed by atoms with E-state index in [0.29, 0.717) is 12.4 Å². The van der Waals surface area contributed by atoms with Crippen LogP contribution in [-0.4, -0.2) is 16.1 Å². The maximum Gasteiger partial charge on any atom is 0.337 e. The first-order chi connectivity index (χ1) is 9.08. The molecule has 2 aromatic rings. The second-order valence-electron chi connectivity index (χ2n) is 4.17. The van der Waals surface area contributed by atoms with E-state index in [9.17, 15) is 4.79 Å². The predicted octanol–water partition coefficient (Wildman–Crippen LogP) is 3.35. The Hall–Kier alpha value is -2.07. The smallest absolute Gasteiger partial charge is 0.337 e. The van der Waals surface area contributed by atoms with Crippen LogP contribution < -0.4 is 5.32 Å². The Labute approximate surface area is 116 Å². The minimum Gasteiger partial charge on any atom is -0.478 e. The van der Waals surface area contributed by atoms with Crippen molar-refractivity contribution in [2.45, 2.75) is 13.5 Å². The Kier molecular flexibility index (Phi) is 4.02. The Morgan fingerprint density at radius 1 is 1.42 bits per heavy atom. The molecule has 0 aliphatic rings. The van der Waals surface area contributed by atoms with Crippen molar-refractivity contribution < 1.29 is 9.90 Å². The highest BCUT2D eigenvalue weighted by atomic mass is 35.5. The summed E-state index contributed by atoms with van der Waals surface area (Å²) in [5.74, 6) is -0.686. The summed E-state index contributed by atoms with van der Waals surface area (Å²) >= 11 is 6.00. The number of carbonyl (C=O) groups is 1. The molecule has 0 radical (unpaired) electrons. The van der Waals surface area contributed by atoms with Gasteiger partial charge in [0.15, 0.2) is 0 Å². The molecule has 0 amide bonds. The zero-order valence-electron chi connectivity index (χ0n) is 10.4. The molecule has 19 heavy (non-hydrogen) atoms. The summed E-state index contributed by atoms with van der Waals surface area (Å²) < 4.78 is 0. The van der Waals surface area contributed by atoms with Gasteiger partial charge in [-0.05, 0) is 18.6 Å². The fourth-order valence-corrected chi connectivity index (χ4v) is 2.00. The third-order valence-electron chi connectivity index (χ3n) is 2.66. The molecule has 1 heterocycles. The van der Waals surface area contributed by atoms with Crippen LogP contribution in [0.25, 0.3) is 0 Å². The van der Waals surface area contributed by atoms with Gasteiger partial charge in [0.05, 0.1) is 10.6 Å². The molecule has 5 heteroatoms. The average Bonchev–Trinajstić information content (AvgIpc) is 2.37. The van der Waals surface area contributed by atoms with E-state index in [-0.39, 0.29) is 10.6 Å². The van der Waals surface area contributed by atoms with Gasteiger partial charge in [0.25, 0.3) is 0 Å². The van der Waals surface area contributed by atoms with Gasteiger partial charge in [0.2, 0.25) is 0 Å². The molecule has 2 N–H and O–H groups in total. The van der Waals surface area contributed by atoms with Crippen LogP contribution in [0.1, 0.15) is 21.5 Å². The molecule has 2 rings (SSSR count). The summed E-state index contributed by atoms with van der Waals surface area (Å²) in [5.41, 5.74) is 2.29. The first kappa shape index (κ1) is 13.4. The molecule has 0 bridgehead atoms. The SMILES string of the molecule is Cc1cccc(CNc2nccc(C(=O)O)c2Cl)c1. The van der Waals surface area contributed by atoms with E-state index in [4.69, 9.17) is 16.7 Å². The Bertz CT molecular complexity index is 614. The predicted molar refractivity (Wildman–Crippen MR) is 74.7 cm³/mol. The number of rotatable bonds is 4. The zero-order chi connectivity index (χ0) is 13.8. The minimum atomic E-state index is -1.06. The van der Waals surface area contributed by atoms with Crippen molar-refractivity contribution in [3.63, 3.8) is 0 Å². The van der Waals surface area contributed by atoms with Crippen molar-refractivity contribution in [1.82, 2.24) is 4.98 Å². The average molecular weight is 277 g/mol. The van der Waals surface area contributed by atoms with Gasteiger partial charge < -0.3 is 10.4 Å². The van der Waals surface area contributed by atoms with E-state index < -0.39 is 5.97 Å². The van der Waals surface area contributed by atoms with Gasteiger partial charge in [-0.15, -0.1) is 0 Å². The maximum absolute atomic E-state index is 11.0. The third-order valence-corrected chi connectivity index (χ3v) is 3.04. The monoisotopic (exact) mass is 276 g/mol. The number of carboxylic acids is 1. The second kappa shape index (κ2) is 5.71.